The van der Waals surface area contributed by atoms with E-state index in [1.54, 1.807) is 12.1 Å². The molecule has 0 amide bonds. The number of hydrogen-bond donors (Lipinski definition) is 1. The number of alkyl halides is 3. The highest BCUT2D eigenvalue weighted by atomic mass is 19.4. The molecule has 5 heteroatoms. The molecule has 1 aromatic carbocycles. The van der Waals surface area contributed by atoms with E-state index in [-0.39, 0.29) is 5.69 Å². The molecule has 16 heavy (non-hydrogen) atoms. The van der Waals surface area contributed by atoms with Crippen molar-refractivity contribution >= 4 is 0 Å². The molecular formula is C11H8F3N2. The first-order valence-corrected chi connectivity index (χ1v) is 4.59. The molecule has 0 saturated heterocycles. The molecule has 0 aliphatic carbocycles. The SMILES string of the molecule is Cc1ccc(-c2[c]c(C(F)(F)F)n[nH]2)cc1. The smallest absolute Gasteiger partial charge is 0.277 e. The van der Waals surface area contributed by atoms with Crippen LogP contribution < -0.4 is 0 Å². The maximum atomic E-state index is 12.3. The Labute approximate surface area is 90.1 Å². The van der Waals surface area contributed by atoms with Gasteiger partial charge < -0.3 is 0 Å². The number of benzene rings is 1. The lowest BCUT2D eigenvalue weighted by atomic mass is 10.1. The highest BCUT2D eigenvalue weighted by Gasteiger charge is 2.34. The number of aromatic amines is 1. The van der Waals surface area contributed by atoms with Crippen molar-refractivity contribution in [3.63, 3.8) is 0 Å². The van der Waals surface area contributed by atoms with Gasteiger partial charge in [0, 0.05) is 11.6 Å². The van der Waals surface area contributed by atoms with Gasteiger partial charge in [0.1, 0.15) is 0 Å². The van der Waals surface area contributed by atoms with Crippen LogP contribution in [-0.2, 0) is 6.18 Å². The molecule has 0 unspecified atom stereocenters. The molecule has 83 valence electrons. The number of nitrogens with zero attached hydrogens (tertiary/aromatic N) is 1. The van der Waals surface area contributed by atoms with Crippen molar-refractivity contribution < 1.29 is 13.2 Å². The van der Waals surface area contributed by atoms with Crippen LogP contribution in [-0.4, -0.2) is 10.2 Å². The predicted octanol–water partition coefficient (Wildman–Crippen LogP) is 3.20. The number of rotatable bonds is 1. The molecular weight excluding hydrogens is 217 g/mol. The minimum atomic E-state index is -4.46. The second-order valence-electron chi connectivity index (χ2n) is 3.44. The third kappa shape index (κ3) is 2.08. The van der Waals surface area contributed by atoms with Crippen molar-refractivity contribution in [2.75, 3.05) is 0 Å². The third-order valence-electron chi connectivity index (χ3n) is 2.13. The molecule has 2 rings (SSSR count). The van der Waals surface area contributed by atoms with E-state index in [2.05, 4.69) is 16.3 Å². The maximum Gasteiger partial charge on any atom is 0.435 e. The number of aromatic nitrogens is 2. The molecule has 0 aliphatic heterocycles. The lowest BCUT2D eigenvalue weighted by Gasteiger charge is -1.98. The zero-order chi connectivity index (χ0) is 11.8. The van der Waals surface area contributed by atoms with Crippen LogP contribution in [0.4, 0.5) is 13.2 Å². The lowest BCUT2D eigenvalue weighted by Crippen LogP contribution is -2.05. The largest absolute Gasteiger partial charge is 0.435 e. The molecule has 0 atom stereocenters. The highest BCUT2D eigenvalue weighted by molar-refractivity contribution is 5.58. The van der Waals surface area contributed by atoms with Gasteiger partial charge in [-0.05, 0) is 6.92 Å². The fourth-order valence-electron chi connectivity index (χ4n) is 1.28. The summed E-state index contributed by atoms with van der Waals surface area (Å²) in [4.78, 5) is 0. The standard InChI is InChI=1S/C11H8F3N2/c1-7-2-4-8(5-3-7)9-6-10(16-15-9)11(12,13)14/h2-5H,1H3,(H,15,16). The summed E-state index contributed by atoms with van der Waals surface area (Å²) in [6.07, 6.45) is -4.46. The van der Waals surface area contributed by atoms with Gasteiger partial charge in [-0.15, -0.1) is 0 Å². The van der Waals surface area contributed by atoms with Gasteiger partial charge >= 0.3 is 6.18 Å². The monoisotopic (exact) mass is 225 g/mol. The Morgan fingerprint density at radius 1 is 1.19 bits per heavy atom. The van der Waals surface area contributed by atoms with E-state index in [0.717, 1.165) is 5.56 Å². The van der Waals surface area contributed by atoms with Crippen LogP contribution >= 0.6 is 0 Å². The fraction of sp³-hybridized carbons (Fsp3) is 0.182. The third-order valence-corrected chi connectivity index (χ3v) is 2.13. The Bertz CT molecular complexity index is 483. The van der Waals surface area contributed by atoms with Gasteiger partial charge in [0.05, 0.1) is 5.69 Å². The van der Waals surface area contributed by atoms with E-state index in [1.807, 2.05) is 19.1 Å². The normalized spacial score (nSPS) is 11.8. The highest BCUT2D eigenvalue weighted by Crippen LogP contribution is 2.29. The molecule has 1 heterocycles. The molecule has 1 N–H and O–H groups in total. The molecule has 1 aromatic heterocycles. The summed E-state index contributed by atoms with van der Waals surface area (Å²) in [6.45, 7) is 1.90. The zero-order valence-electron chi connectivity index (χ0n) is 8.39. The maximum absolute atomic E-state index is 12.3. The topological polar surface area (TPSA) is 28.7 Å². The van der Waals surface area contributed by atoms with Crippen molar-refractivity contribution in [2.24, 2.45) is 0 Å². The molecule has 0 saturated carbocycles. The minimum Gasteiger partial charge on any atom is -0.277 e. The van der Waals surface area contributed by atoms with E-state index in [1.165, 1.54) is 0 Å². The van der Waals surface area contributed by atoms with Crippen molar-refractivity contribution in [1.82, 2.24) is 10.2 Å². The van der Waals surface area contributed by atoms with Crippen LogP contribution in [0, 0.1) is 13.0 Å². The molecule has 1 radical (unpaired) electrons. The van der Waals surface area contributed by atoms with Gasteiger partial charge in [0.2, 0.25) is 0 Å². The van der Waals surface area contributed by atoms with E-state index in [9.17, 15) is 13.2 Å². The quantitative estimate of drug-likeness (QED) is 0.793. The van der Waals surface area contributed by atoms with Crippen LogP contribution in [0.2, 0.25) is 0 Å². The molecule has 0 spiro atoms. The van der Waals surface area contributed by atoms with Gasteiger partial charge in [-0.2, -0.15) is 18.3 Å². The Morgan fingerprint density at radius 3 is 2.31 bits per heavy atom. The van der Waals surface area contributed by atoms with Crippen LogP contribution in [0.5, 0.6) is 0 Å². The summed E-state index contributed by atoms with van der Waals surface area (Å²) in [6, 6.07) is 9.27. The van der Waals surface area contributed by atoms with Crippen molar-refractivity contribution in [1.29, 1.82) is 0 Å². The van der Waals surface area contributed by atoms with E-state index in [0.29, 0.717) is 5.56 Å². The van der Waals surface area contributed by atoms with Gasteiger partial charge in [0.25, 0.3) is 0 Å². The first-order chi connectivity index (χ1) is 7.47. The van der Waals surface area contributed by atoms with Crippen LogP contribution in [0.15, 0.2) is 24.3 Å². The Hall–Kier alpha value is -1.78. The fourth-order valence-corrected chi connectivity index (χ4v) is 1.28. The van der Waals surface area contributed by atoms with Crippen molar-refractivity contribution in [3.8, 4) is 11.3 Å². The predicted molar refractivity (Wildman–Crippen MR) is 52.6 cm³/mol. The lowest BCUT2D eigenvalue weighted by molar-refractivity contribution is -0.141. The first kappa shape index (κ1) is 10.7. The number of nitrogens with one attached hydrogen (secondary N) is 1. The van der Waals surface area contributed by atoms with Crippen LogP contribution in [0.1, 0.15) is 11.3 Å². The van der Waals surface area contributed by atoms with Gasteiger partial charge in [-0.3, -0.25) is 5.10 Å². The first-order valence-electron chi connectivity index (χ1n) is 4.59. The number of H-pyrrole nitrogens is 1. The Morgan fingerprint density at radius 2 is 1.81 bits per heavy atom. The van der Waals surface area contributed by atoms with Crippen LogP contribution in [0.3, 0.4) is 0 Å². The second-order valence-corrected chi connectivity index (χ2v) is 3.44. The zero-order valence-corrected chi connectivity index (χ0v) is 8.39. The number of hydrogen-bond acceptors (Lipinski definition) is 1. The average Bonchev–Trinajstić information content (AvgIpc) is 2.67. The number of halogens is 3. The number of aryl methyl sites for hydroxylation is 1. The van der Waals surface area contributed by atoms with Crippen molar-refractivity contribution in [2.45, 2.75) is 13.1 Å². The summed E-state index contributed by atoms with van der Waals surface area (Å²) >= 11 is 0. The van der Waals surface area contributed by atoms with Gasteiger partial charge in [-0.1, -0.05) is 29.8 Å². The molecule has 0 aliphatic rings. The molecule has 0 fully saturated rings. The van der Waals surface area contributed by atoms with E-state index in [4.69, 9.17) is 0 Å². The summed E-state index contributed by atoms with van der Waals surface area (Å²) in [7, 11) is 0. The van der Waals surface area contributed by atoms with Crippen LogP contribution in [0.25, 0.3) is 11.3 Å². The Kier molecular flexibility index (Phi) is 2.46. The van der Waals surface area contributed by atoms with Crippen molar-refractivity contribution in [3.05, 3.63) is 41.6 Å². The summed E-state index contributed by atoms with van der Waals surface area (Å²) in [5.74, 6) is 0. The second kappa shape index (κ2) is 3.66. The molecule has 0 bridgehead atoms. The minimum absolute atomic E-state index is 0.243. The average molecular weight is 225 g/mol. The molecule has 2 nitrogen and oxygen atoms in total. The van der Waals surface area contributed by atoms with Gasteiger partial charge in [-0.25, -0.2) is 0 Å². The molecule has 2 aromatic rings. The Balaban J connectivity index is 2.35. The summed E-state index contributed by atoms with van der Waals surface area (Å²) < 4.78 is 36.8. The van der Waals surface area contributed by atoms with E-state index < -0.39 is 11.9 Å². The van der Waals surface area contributed by atoms with Gasteiger partial charge in [0.15, 0.2) is 5.69 Å². The summed E-state index contributed by atoms with van der Waals surface area (Å²) in [5, 5.41) is 5.50. The summed E-state index contributed by atoms with van der Waals surface area (Å²) in [5.41, 5.74) is 0.892. The van der Waals surface area contributed by atoms with E-state index >= 15 is 0 Å².